The van der Waals surface area contributed by atoms with Gasteiger partial charge in [-0.3, -0.25) is 4.79 Å². The van der Waals surface area contributed by atoms with Crippen LogP contribution in [0, 0.1) is 22.2 Å². The molecule has 0 fully saturated rings. The first-order valence-electron chi connectivity index (χ1n) is 11.3. The van der Waals surface area contributed by atoms with Gasteiger partial charge in [-0.25, -0.2) is 0 Å². The van der Waals surface area contributed by atoms with Crippen molar-refractivity contribution >= 4 is 5.97 Å². The molecule has 0 aliphatic heterocycles. The number of aliphatic hydroxyl groups is 1. The largest absolute Gasteiger partial charge is 0.465 e. The van der Waals surface area contributed by atoms with Gasteiger partial charge in [-0.2, -0.15) is 0 Å². The summed E-state index contributed by atoms with van der Waals surface area (Å²) in [6.07, 6.45) is 5.33. The van der Waals surface area contributed by atoms with Crippen molar-refractivity contribution in [3.63, 3.8) is 0 Å². The third-order valence-electron chi connectivity index (χ3n) is 3.79. The SMILES string of the molecule is CC(C)(C)CCCO.CC(C)CC(C)(C)C.CC(N)C(=O)OCCCC(C)(C)C. The molecule has 29 heavy (non-hydrogen) atoms. The Morgan fingerprint density at radius 2 is 1.24 bits per heavy atom. The number of carbonyl (C=O) groups is 1. The van der Waals surface area contributed by atoms with E-state index in [-0.39, 0.29) is 5.97 Å². The number of carbonyl (C=O) groups excluding carboxylic acids is 1. The third kappa shape index (κ3) is 38.6. The van der Waals surface area contributed by atoms with Crippen LogP contribution >= 0.6 is 0 Å². The van der Waals surface area contributed by atoms with Gasteiger partial charge in [0, 0.05) is 6.61 Å². The monoisotopic (exact) mass is 417 g/mol. The molecule has 3 N–H and O–H groups in total. The highest BCUT2D eigenvalue weighted by Crippen LogP contribution is 2.23. The van der Waals surface area contributed by atoms with Crippen LogP contribution in [0.2, 0.25) is 0 Å². The molecule has 0 aromatic carbocycles. The number of hydrogen-bond acceptors (Lipinski definition) is 4. The first-order valence-corrected chi connectivity index (χ1v) is 11.3. The zero-order valence-electron chi connectivity index (χ0n) is 21.9. The highest BCUT2D eigenvalue weighted by molar-refractivity contribution is 5.74. The van der Waals surface area contributed by atoms with Crippen molar-refractivity contribution in [3.05, 3.63) is 0 Å². The summed E-state index contributed by atoms with van der Waals surface area (Å²) >= 11 is 0. The van der Waals surface area contributed by atoms with Crippen LogP contribution in [0.25, 0.3) is 0 Å². The van der Waals surface area contributed by atoms with Crippen LogP contribution in [-0.2, 0) is 9.53 Å². The van der Waals surface area contributed by atoms with Crippen molar-refractivity contribution in [1.82, 2.24) is 0 Å². The zero-order valence-corrected chi connectivity index (χ0v) is 21.9. The van der Waals surface area contributed by atoms with E-state index in [0.29, 0.717) is 29.5 Å². The van der Waals surface area contributed by atoms with E-state index < -0.39 is 6.04 Å². The standard InChI is InChI=1S/C10H21NO2.C8H18.C7H16O/c1-8(11)9(12)13-7-5-6-10(2,3)4;1-7(2)6-8(3,4)5;1-7(2,3)5-4-6-8/h8H,5-7,11H2,1-4H3;7H,6H2,1-5H3;8H,4-6H2,1-3H3. The van der Waals surface area contributed by atoms with Crippen molar-refractivity contribution in [3.8, 4) is 0 Å². The highest BCUT2D eigenvalue weighted by Gasteiger charge is 2.12. The second kappa shape index (κ2) is 16.1. The molecule has 0 aromatic rings. The Hall–Kier alpha value is -0.610. The Kier molecular flexibility index (Phi) is 18.4. The molecule has 1 unspecified atom stereocenters. The number of rotatable bonds is 7. The van der Waals surface area contributed by atoms with Gasteiger partial charge >= 0.3 is 5.97 Å². The molecule has 0 amide bonds. The minimum Gasteiger partial charge on any atom is -0.465 e. The number of aliphatic hydroxyl groups excluding tert-OH is 1. The van der Waals surface area contributed by atoms with E-state index >= 15 is 0 Å². The number of ether oxygens (including phenoxy) is 1. The minimum absolute atomic E-state index is 0.306. The Labute approximate surface area is 183 Å². The fourth-order valence-corrected chi connectivity index (χ4v) is 2.74. The molecule has 0 heterocycles. The minimum atomic E-state index is -0.505. The lowest BCUT2D eigenvalue weighted by Crippen LogP contribution is -2.29. The third-order valence-corrected chi connectivity index (χ3v) is 3.79. The van der Waals surface area contributed by atoms with Crippen LogP contribution in [0.15, 0.2) is 0 Å². The summed E-state index contributed by atoms with van der Waals surface area (Å²) in [5, 5.41) is 8.43. The van der Waals surface area contributed by atoms with E-state index in [1.165, 1.54) is 6.42 Å². The van der Waals surface area contributed by atoms with Gasteiger partial charge in [0.1, 0.15) is 6.04 Å². The van der Waals surface area contributed by atoms with Crippen LogP contribution in [0.4, 0.5) is 0 Å². The normalized spacial score (nSPS) is 13.1. The Balaban J connectivity index is -0.000000368. The first kappa shape index (κ1) is 33.0. The number of hydrogen-bond donors (Lipinski definition) is 2. The molecule has 4 nitrogen and oxygen atoms in total. The molecule has 0 aliphatic carbocycles. The van der Waals surface area contributed by atoms with Gasteiger partial charge in [-0.05, 0) is 61.2 Å². The summed E-state index contributed by atoms with van der Waals surface area (Å²) in [6.45, 7) is 26.9. The van der Waals surface area contributed by atoms with Crippen molar-refractivity contribution < 1.29 is 14.6 Å². The van der Waals surface area contributed by atoms with E-state index in [1.807, 2.05) is 0 Å². The van der Waals surface area contributed by atoms with E-state index in [4.69, 9.17) is 15.6 Å². The molecular weight excluding hydrogens is 362 g/mol. The lowest BCUT2D eigenvalue weighted by molar-refractivity contribution is -0.145. The van der Waals surface area contributed by atoms with E-state index in [0.717, 1.165) is 31.6 Å². The number of nitrogens with two attached hydrogens (primary N) is 1. The average molecular weight is 418 g/mol. The van der Waals surface area contributed by atoms with Crippen LogP contribution < -0.4 is 5.73 Å². The van der Waals surface area contributed by atoms with Gasteiger partial charge in [-0.15, -0.1) is 0 Å². The van der Waals surface area contributed by atoms with Gasteiger partial charge in [0.2, 0.25) is 0 Å². The molecule has 178 valence electrons. The Bertz CT molecular complexity index is 382. The van der Waals surface area contributed by atoms with Gasteiger partial charge < -0.3 is 15.6 Å². The fraction of sp³-hybridized carbons (Fsp3) is 0.960. The average Bonchev–Trinajstić information content (AvgIpc) is 2.46. The van der Waals surface area contributed by atoms with Crippen molar-refractivity contribution in [2.24, 2.45) is 27.9 Å². The van der Waals surface area contributed by atoms with Crippen molar-refractivity contribution in [2.75, 3.05) is 13.2 Å². The van der Waals surface area contributed by atoms with E-state index in [2.05, 4.69) is 76.2 Å². The van der Waals surface area contributed by atoms with Crippen LogP contribution in [0.1, 0.15) is 115 Å². The second-order valence-electron chi connectivity index (χ2n) is 12.2. The summed E-state index contributed by atoms with van der Waals surface area (Å²) in [5.41, 5.74) is 6.55. The van der Waals surface area contributed by atoms with Crippen LogP contribution in [0.5, 0.6) is 0 Å². The molecule has 0 aromatic heterocycles. The maximum atomic E-state index is 10.9. The maximum Gasteiger partial charge on any atom is 0.322 e. The van der Waals surface area contributed by atoms with Gasteiger partial charge in [0.05, 0.1) is 6.61 Å². The predicted octanol–water partition coefficient (Wildman–Crippen LogP) is 6.59. The molecule has 0 aliphatic rings. The molecule has 0 radical (unpaired) electrons. The van der Waals surface area contributed by atoms with Crippen LogP contribution in [-0.4, -0.2) is 30.3 Å². The summed E-state index contributed by atoms with van der Waals surface area (Å²) in [6, 6.07) is -0.505. The molecule has 4 heteroatoms. The van der Waals surface area contributed by atoms with Crippen molar-refractivity contribution in [2.45, 2.75) is 121 Å². The molecule has 0 rings (SSSR count). The smallest absolute Gasteiger partial charge is 0.322 e. The van der Waals surface area contributed by atoms with Crippen molar-refractivity contribution in [1.29, 1.82) is 0 Å². The van der Waals surface area contributed by atoms with Gasteiger partial charge in [0.25, 0.3) is 0 Å². The van der Waals surface area contributed by atoms with E-state index in [1.54, 1.807) is 6.92 Å². The molecular formula is C25H55NO3. The molecule has 0 saturated carbocycles. The second-order valence-corrected chi connectivity index (χ2v) is 12.2. The molecule has 0 bridgehead atoms. The summed E-state index contributed by atoms with van der Waals surface area (Å²) in [7, 11) is 0. The van der Waals surface area contributed by atoms with Crippen LogP contribution in [0.3, 0.4) is 0 Å². The summed E-state index contributed by atoms with van der Waals surface area (Å²) in [5.74, 6) is 0.531. The first-order chi connectivity index (χ1) is 12.8. The summed E-state index contributed by atoms with van der Waals surface area (Å²) < 4.78 is 4.93. The highest BCUT2D eigenvalue weighted by atomic mass is 16.5. The Morgan fingerprint density at radius 3 is 1.45 bits per heavy atom. The van der Waals surface area contributed by atoms with Gasteiger partial charge in [0.15, 0.2) is 0 Å². The summed E-state index contributed by atoms with van der Waals surface area (Å²) in [4.78, 5) is 10.9. The topological polar surface area (TPSA) is 72.5 Å². The number of esters is 1. The van der Waals surface area contributed by atoms with E-state index in [9.17, 15) is 4.79 Å². The van der Waals surface area contributed by atoms with Gasteiger partial charge in [-0.1, -0.05) is 76.2 Å². The fourth-order valence-electron chi connectivity index (χ4n) is 2.74. The maximum absolute atomic E-state index is 10.9. The lowest BCUT2D eigenvalue weighted by Gasteiger charge is -2.19. The Morgan fingerprint density at radius 1 is 0.828 bits per heavy atom. The molecule has 0 spiro atoms. The molecule has 1 atom stereocenters. The predicted molar refractivity (Wildman–Crippen MR) is 128 cm³/mol. The quantitative estimate of drug-likeness (QED) is 0.362. The zero-order chi connectivity index (χ0) is 23.9. The molecule has 0 saturated heterocycles. The lowest BCUT2D eigenvalue weighted by atomic mass is 9.86.